The lowest BCUT2D eigenvalue weighted by Gasteiger charge is -2.14. The molecular formula is C18H16N2O8. The number of benzene rings is 2. The molecule has 0 aliphatic rings. The van der Waals surface area contributed by atoms with Gasteiger partial charge < -0.3 is 9.47 Å². The van der Waals surface area contributed by atoms with Crippen LogP contribution in [-0.2, 0) is 9.47 Å². The Kier molecular flexibility index (Phi) is 5.73. The first-order chi connectivity index (χ1) is 13.1. The van der Waals surface area contributed by atoms with Crippen LogP contribution in [0.15, 0.2) is 24.3 Å². The van der Waals surface area contributed by atoms with E-state index < -0.39 is 33.2 Å². The number of carbonyl (C=O) groups excluding carboxylic acids is 2. The Morgan fingerprint density at radius 1 is 0.750 bits per heavy atom. The maximum Gasteiger partial charge on any atom is 0.344 e. The van der Waals surface area contributed by atoms with Gasteiger partial charge in [-0.15, -0.1) is 0 Å². The van der Waals surface area contributed by atoms with Gasteiger partial charge in [0, 0.05) is 0 Å². The minimum atomic E-state index is -0.961. The zero-order valence-corrected chi connectivity index (χ0v) is 15.5. The van der Waals surface area contributed by atoms with Crippen LogP contribution in [0.2, 0.25) is 0 Å². The van der Waals surface area contributed by atoms with Crippen molar-refractivity contribution in [1.82, 2.24) is 0 Å². The summed E-state index contributed by atoms with van der Waals surface area (Å²) in [5, 5.41) is 23.6. The Morgan fingerprint density at radius 2 is 1.07 bits per heavy atom. The molecule has 0 saturated heterocycles. The smallest absolute Gasteiger partial charge is 0.344 e. The van der Waals surface area contributed by atoms with E-state index in [9.17, 15) is 29.8 Å². The van der Waals surface area contributed by atoms with Crippen LogP contribution in [0.5, 0.6) is 0 Å². The monoisotopic (exact) mass is 388 g/mol. The standard InChI is InChI=1S/C18H16N2O8/c1-9-5-7-11(17(21)27-3)15(19(23)24)13(9)14-10(2)6-8-12(18(22)28-4)16(14)20(25)26/h5-8H,1-4H3. The largest absolute Gasteiger partial charge is 0.465 e. The van der Waals surface area contributed by atoms with E-state index in [4.69, 9.17) is 0 Å². The number of ether oxygens (including phenoxy) is 2. The van der Waals surface area contributed by atoms with Gasteiger partial charge in [-0.05, 0) is 37.1 Å². The van der Waals surface area contributed by atoms with Gasteiger partial charge in [0.2, 0.25) is 0 Å². The molecule has 2 aromatic carbocycles. The fourth-order valence-corrected chi connectivity index (χ4v) is 2.94. The summed E-state index contributed by atoms with van der Waals surface area (Å²) in [6, 6.07) is 5.27. The lowest BCUT2D eigenvalue weighted by Crippen LogP contribution is -2.11. The van der Waals surface area contributed by atoms with Crippen molar-refractivity contribution >= 4 is 23.3 Å². The van der Waals surface area contributed by atoms with Crippen molar-refractivity contribution in [3.63, 3.8) is 0 Å². The molecular weight excluding hydrogens is 372 g/mol. The van der Waals surface area contributed by atoms with Crippen LogP contribution < -0.4 is 0 Å². The molecule has 0 atom stereocenters. The Morgan fingerprint density at radius 3 is 1.32 bits per heavy atom. The SMILES string of the molecule is COC(=O)c1ccc(C)c(-c2c(C)ccc(C(=O)OC)c2[N+](=O)[O-])c1[N+](=O)[O-]. The second-order valence-corrected chi connectivity index (χ2v) is 5.80. The van der Waals surface area contributed by atoms with Crippen LogP contribution in [0.25, 0.3) is 11.1 Å². The van der Waals surface area contributed by atoms with Crippen LogP contribution >= 0.6 is 0 Å². The number of nitro groups is 2. The maximum atomic E-state index is 12.0. The van der Waals surface area contributed by atoms with Crippen LogP contribution in [0, 0.1) is 34.1 Å². The van der Waals surface area contributed by atoms with E-state index in [1.165, 1.54) is 38.1 Å². The van der Waals surface area contributed by atoms with Gasteiger partial charge >= 0.3 is 11.9 Å². The topological polar surface area (TPSA) is 139 Å². The molecule has 0 bridgehead atoms. The van der Waals surface area contributed by atoms with Gasteiger partial charge in [0.1, 0.15) is 11.1 Å². The summed E-state index contributed by atoms with van der Waals surface area (Å²) in [7, 11) is 2.13. The highest BCUT2D eigenvalue weighted by atomic mass is 16.6. The highest BCUT2D eigenvalue weighted by molar-refractivity contribution is 6.03. The molecule has 146 valence electrons. The number of nitrogens with zero attached hydrogens (tertiary/aromatic N) is 2. The van der Waals surface area contributed by atoms with Crippen LogP contribution in [0.3, 0.4) is 0 Å². The van der Waals surface area contributed by atoms with E-state index in [0.29, 0.717) is 11.1 Å². The summed E-state index contributed by atoms with van der Waals surface area (Å²) in [5.41, 5.74) is -1.64. The summed E-state index contributed by atoms with van der Waals surface area (Å²) >= 11 is 0. The highest BCUT2D eigenvalue weighted by Crippen LogP contribution is 2.44. The van der Waals surface area contributed by atoms with Crippen LogP contribution in [0.4, 0.5) is 11.4 Å². The first-order valence-electron chi connectivity index (χ1n) is 7.88. The fraction of sp³-hybridized carbons (Fsp3) is 0.222. The second-order valence-electron chi connectivity index (χ2n) is 5.80. The molecule has 0 heterocycles. The maximum absolute atomic E-state index is 12.0. The number of rotatable bonds is 5. The van der Waals surface area contributed by atoms with Gasteiger partial charge in [-0.1, -0.05) is 12.1 Å². The highest BCUT2D eigenvalue weighted by Gasteiger charge is 2.35. The summed E-state index contributed by atoms with van der Waals surface area (Å²) in [5.74, 6) is -1.92. The third kappa shape index (κ3) is 3.39. The number of hydrogen-bond acceptors (Lipinski definition) is 8. The van der Waals surface area contributed by atoms with Gasteiger partial charge in [0.25, 0.3) is 11.4 Å². The average Bonchev–Trinajstić information content (AvgIpc) is 2.66. The third-order valence-corrected chi connectivity index (χ3v) is 4.20. The molecule has 0 aromatic heterocycles. The quantitative estimate of drug-likeness (QED) is 0.431. The van der Waals surface area contributed by atoms with E-state index in [-0.39, 0.29) is 22.3 Å². The Hall–Kier alpha value is -3.82. The average molecular weight is 388 g/mol. The number of methoxy groups -OCH3 is 2. The summed E-state index contributed by atoms with van der Waals surface area (Å²) < 4.78 is 9.19. The molecule has 0 unspecified atom stereocenters. The molecule has 0 aliphatic carbocycles. The van der Waals surface area contributed by atoms with Gasteiger partial charge in [-0.3, -0.25) is 20.2 Å². The number of esters is 2. The molecule has 28 heavy (non-hydrogen) atoms. The van der Waals surface area contributed by atoms with E-state index in [1.807, 2.05) is 0 Å². The zero-order chi connectivity index (χ0) is 21.2. The Bertz CT molecular complexity index is 932. The molecule has 2 aromatic rings. The van der Waals surface area contributed by atoms with Crippen molar-refractivity contribution < 1.29 is 28.9 Å². The molecule has 0 fully saturated rings. The Labute approximate surface area is 159 Å². The number of aryl methyl sites for hydroxylation is 2. The third-order valence-electron chi connectivity index (χ3n) is 4.20. The first-order valence-corrected chi connectivity index (χ1v) is 7.88. The summed E-state index contributed by atoms with van der Waals surface area (Å²) in [6.07, 6.45) is 0. The van der Waals surface area contributed by atoms with Gasteiger partial charge in [-0.25, -0.2) is 9.59 Å². The molecule has 0 spiro atoms. The number of nitro benzene ring substituents is 2. The van der Waals surface area contributed by atoms with Crippen LogP contribution in [-0.4, -0.2) is 36.0 Å². The van der Waals surface area contributed by atoms with Gasteiger partial charge in [0.05, 0.1) is 35.2 Å². The number of hydrogen-bond donors (Lipinski definition) is 0. The minimum Gasteiger partial charge on any atom is -0.465 e. The molecule has 0 radical (unpaired) electrons. The lowest BCUT2D eigenvalue weighted by atomic mass is 9.89. The van der Waals surface area contributed by atoms with Gasteiger partial charge in [-0.2, -0.15) is 0 Å². The normalized spacial score (nSPS) is 10.3. The van der Waals surface area contributed by atoms with Crippen LogP contribution in [0.1, 0.15) is 31.8 Å². The van der Waals surface area contributed by atoms with Crippen molar-refractivity contribution in [2.24, 2.45) is 0 Å². The summed E-state index contributed by atoms with van der Waals surface area (Å²) in [4.78, 5) is 46.0. The minimum absolute atomic E-state index is 0.136. The van der Waals surface area contributed by atoms with Crippen molar-refractivity contribution in [3.05, 3.63) is 66.7 Å². The lowest BCUT2D eigenvalue weighted by molar-refractivity contribution is -0.386. The molecule has 0 N–H and O–H groups in total. The van der Waals surface area contributed by atoms with Crippen molar-refractivity contribution in [2.75, 3.05) is 14.2 Å². The predicted molar refractivity (Wildman–Crippen MR) is 97.3 cm³/mol. The predicted octanol–water partition coefficient (Wildman–Crippen LogP) is 3.36. The molecule has 10 heteroatoms. The number of carbonyl (C=O) groups is 2. The molecule has 0 aliphatic heterocycles. The second kappa shape index (κ2) is 7.82. The van der Waals surface area contributed by atoms with Crippen molar-refractivity contribution in [1.29, 1.82) is 0 Å². The fourth-order valence-electron chi connectivity index (χ4n) is 2.94. The summed E-state index contributed by atoms with van der Waals surface area (Å²) in [6.45, 7) is 3.02. The molecule has 2 rings (SSSR count). The molecule has 0 saturated carbocycles. The van der Waals surface area contributed by atoms with E-state index in [1.54, 1.807) is 0 Å². The Balaban J connectivity index is 3.08. The van der Waals surface area contributed by atoms with Crippen molar-refractivity contribution in [2.45, 2.75) is 13.8 Å². The van der Waals surface area contributed by atoms with Crippen molar-refractivity contribution in [3.8, 4) is 11.1 Å². The van der Waals surface area contributed by atoms with E-state index >= 15 is 0 Å². The molecule has 0 amide bonds. The van der Waals surface area contributed by atoms with E-state index in [0.717, 1.165) is 14.2 Å². The zero-order valence-electron chi connectivity index (χ0n) is 15.5. The van der Waals surface area contributed by atoms with Gasteiger partial charge in [0.15, 0.2) is 0 Å². The first kappa shape index (κ1) is 20.5. The van der Waals surface area contributed by atoms with E-state index in [2.05, 4.69) is 9.47 Å². The molecule has 10 nitrogen and oxygen atoms in total.